The maximum atomic E-state index is 12.6. The van der Waals surface area contributed by atoms with Crippen molar-refractivity contribution in [3.05, 3.63) is 48.0 Å². The van der Waals surface area contributed by atoms with Crippen molar-refractivity contribution < 1.29 is 22.4 Å². The van der Waals surface area contributed by atoms with Gasteiger partial charge in [-0.25, -0.2) is 9.97 Å². The highest BCUT2D eigenvalue weighted by Gasteiger charge is 2.32. The van der Waals surface area contributed by atoms with Crippen LogP contribution in [-0.2, 0) is 0 Å². The number of nitrogens with zero attached hydrogens (tertiary/aromatic N) is 2. The summed E-state index contributed by atoms with van der Waals surface area (Å²) in [5, 5.41) is 2.14. The number of oxazole rings is 1. The number of carbonyl (C=O) groups excluding carboxylic acids is 1. The van der Waals surface area contributed by atoms with Crippen LogP contribution in [0.1, 0.15) is 16.2 Å². The fourth-order valence-corrected chi connectivity index (χ4v) is 2.68. The van der Waals surface area contributed by atoms with Crippen LogP contribution in [0.15, 0.2) is 46.0 Å². The summed E-state index contributed by atoms with van der Waals surface area (Å²) in [6, 6.07) is 7.47. The molecule has 0 saturated heterocycles. The zero-order valence-electron chi connectivity index (χ0n) is 12.2. The summed E-state index contributed by atoms with van der Waals surface area (Å²) in [6.07, 6.45) is 1.20. The second-order valence-electron chi connectivity index (χ2n) is 4.77. The smallest absolute Gasteiger partial charge is 0.441 e. The van der Waals surface area contributed by atoms with Crippen LogP contribution in [0.3, 0.4) is 0 Å². The van der Waals surface area contributed by atoms with Gasteiger partial charge in [0.15, 0.2) is 11.5 Å². The van der Waals surface area contributed by atoms with E-state index in [9.17, 15) is 18.0 Å². The number of halogens is 3. The Labute approximate surface area is 138 Å². The number of aromatic nitrogens is 2. The number of aryl methyl sites for hydroxylation is 1. The first-order chi connectivity index (χ1) is 11.3. The molecule has 24 heavy (non-hydrogen) atoms. The molecular formula is C15H10F3N3O2S. The minimum Gasteiger partial charge on any atom is -0.441 e. The first-order valence-electron chi connectivity index (χ1n) is 6.71. The predicted octanol–water partition coefficient (Wildman–Crippen LogP) is 4.40. The van der Waals surface area contributed by atoms with E-state index in [4.69, 9.17) is 4.42 Å². The third-order valence-corrected chi connectivity index (χ3v) is 3.73. The van der Waals surface area contributed by atoms with Gasteiger partial charge >= 0.3 is 5.51 Å². The average Bonchev–Trinajstić information content (AvgIpc) is 2.85. The standard InChI is InChI=1S/C15H10F3N3O2S/c1-8-20-11-7-9(4-5-12(11)23-8)21-13(22)10-3-2-6-19-14(10)24-15(16,17)18/h2-7H,1H3,(H,21,22). The van der Waals surface area contributed by atoms with Crippen molar-refractivity contribution in [1.29, 1.82) is 0 Å². The quantitative estimate of drug-likeness (QED) is 0.707. The zero-order valence-corrected chi connectivity index (χ0v) is 13.0. The maximum Gasteiger partial charge on any atom is 0.447 e. The molecule has 3 aromatic rings. The van der Waals surface area contributed by atoms with E-state index in [-0.39, 0.29) is 5.56 Å². The minimum atomic E-state index is -4.53. The molecule has 5 nitrogen and oxygen atoms in total. The van der Waals surface area contributed by atoms with Crippen LogP contribution in [-0.4, -0.2) is 21.4 Å². The van der Waals surface area contributed by atoms with Gasteiger partial charge < -0.3 is 9.73 Å². The van der Waals surface area contributed by atoms with Gasteiger partial charge in [0.25, 0.3) is 5.91 Å². The van der Waals surface area contributed by atoms with Crippen LogP contribution in [0.4, 0.5) is 18.9 Å². The van der Waals surface area contributed by atoms with Gasteiger partial charge in [-0.2, -0.15) is 13.2 Å². The Kier molecular flexibility index (Phi) is 4.18. The molecule has 2 heterocycles. The lowest BCUT2D eigenvalue weighted by Gasteiger charge is -2.10. The van der Waals surface area contributed by atoms with Gasteiger partial charge in [-0.3, -0.25) is 4.79 Å². The molecule has 0 aliphatic rings. The number of hydrogen-bond donors (Lipinski definition) is 1. The molecule has 9 heteroatoms. The number of pyridine rings is 1. The molecule has 124 valence electrons. The highest BCUT2D eigenvalue weighted by Crippen LogP contribution is 2.37. The normalized spacial score (nSPS) is 11.7. The lowest BCUT2D eigenvalue weighted by Crippen LogP contribution is -2.14. The van der Waals surface area contributed by atoms with E-state index in [1.165, 1.54) is 18.3 Å². The molecule has 1 aromatic carbocycles. The second kappa shape index (κ2) is 6.16. The van der Waals surface area contributed by atoms with Crippen molar-refractivity contribution in [2.45, 2.75) is 17.5 Å². The summed E-state index contributed by atoms with van der Waals surface area (Å²) in [5.41, 5.74) is -3.19. The van der Waals surface area contributed by atoms with E-state index in [0.29, 0.717) is 22.7 Å². The van der Waals surface area contributed by atoms with Gasteiger partial charge in [0.2, 0.25) is 0 Å². The van der Waals surface area contributed by atoms with Crippen molar-refractivity contribution in [3.8, 4) is 0 Å². The van der Waals surface area contributed by atoms with E-state index in [1.54, 1.807) is 25.1 Å². The highest BCUT2D eigenvalue weighted by molar-refractivity contribution is 8.00. The largest absolute Gasteiger partial charge is 0.447 e. The summed E-state index contributed by atoms with van der Waals surface area (Å²) in [6.45, 7) is 1.69. The number of nitrogens with one attached hydrogen (secondary N) is 1. The molecule has 0 fully saturated rings. The molecule has 0 bridgehead atoms. The highest BCUT2D eigenvalue weighted by atomic mass is 32.2. The number of thioether (sulfide) groups is 1. The summed E-state index contributed by atoms with van der Waals surface area (Å²) in [4.78, 5) is 20.1. The van der Waals surface area contributed by atoms with E-state index >= 15 is 0 Å². The summed E-state index contributed by atoms with van der Waals surface area (Å²) >= 11 is -0.427. The molecule has 0 radical (unpaired) electrons. The number of anilines is 1. The number of alkyl halides is 3. The number of rotatable bonds is 3. The van der Waals surface area contributed by atoms with Crippen LogP contribution in [0.2, 0.25) is 0 Å². The molecule has 0 unspecified atom stereocenters. The van der Waals surface area contributed by atoms with Gasteiger partial charge in [0, 0.05) is 30.6 Å². The van der Waals surface area contributed by atoms with E-state index in [2.05, 4.69) is 15.3 Å². The third-order valence-electron chi connectivity index (χ3n) is 2.98. The third kappa shape index (κ3) is 3.67. The van der Waals surface area contributed by atoms with Gasteiger partial charge in [0.05, 0.1) is 5.56 Å². The molecule has 0 atom stereocenters. The summed E-state index contributed by atoms with van der Waals surface area (Å²) in [7, 11) is 0. The van der Waals surface area contributed by atoms with Crippen LogP contribution < -0.4 is 5.32 Å². The van der Waals surface area contributed by atoms with Crippen molar-refractivity contribution in [2.75, 3.05) is 5.32 Å². The van der Waals surface area contributed by atoms with Gasteiger partial charge in [-0.15, -0.1) is 0 Å². The Balaban J connectivity index is 1.86. The molecular weight excluding hydrogens is 343 g/mol. The van der Waals surface area contributed by atoms with E-state index in [0.717, 1.165) is 0 Å². The molecule has 2 aromatic heterocycles. The molecule has 0 spiro atoms. The first kappa shape index (κ1) is 16.3. The topological polar surface area (TPSA) is 68.0 Å². The fraction of sp³-hybridized carbons (Fsp3) is 0.133. The number of benzene rings is 1. The van der Waals surface area contributed by atoms with Gasteiger partial charge in [-0.1, -0.05) is 0 Å². The van der Waals surface area contributed by atoms with Crippen LogP contribution in [0, 0.1) is 6.92 Å². The fourth-order valence-electron chi connectivity index (χ4n) is 2.07. The Morgan fingerprint density at radius 3 is 2.83 bits per heavy atom. The second-order valence-corrected chi connectivity index (χ2v) is 5.83. The Morgan fingerprint density at radius 1 is 1.29 bits per heavy atom. The Morgan fingerprint density at radius 2 is 2.08 bits per heavy atom. The number of hydrogen-bond acceptors (Lipinski definition) is 5. The number of fused-ring (bicyclic) bond motifs is 1. The lowest BCUT2D eigenvalue weighted by molar-refractivity contribution is -0.0329. The van der Waals surface area contributed by atoms with Gasteiger partial charge in [0.1, 0.15) is 10.5 Å². The lowest BCUT2D eigenvalue weighted by atomic mass is 10.2. The monoisotopic (exact) mass is 353 g/mol. The van der Waals surface area contributed by atoms with Crippen molar-refractivity contribution >= 4 is 34.5 Å². The van der Waals surface area contributed by atoms with Crippen LogP contribution in [0.5, 0.6) is 0 Å². The molecule has 3 rings (SSSR count). The van der Waals surface area contributed by atoms with Crippen molar-refractivity contribution in [1.82, 2.24) is 9.97 Å². The zero-order chi connectivity index (χ0) is 17.3. The minimum absolute atomic E-state index is 0.156. The van der Waals surface area contributed by atoms with Crippen molar-refractivity contribution in [3.63, 3.8) is 0 Å². The number of amides is 1. The summed E-state index contributed by atoms with van der Waals surface area (Å²) < 4.78 is 43.0. The molecule has 0 saturated carbocycles. The van der Waals surface area contributed by atoms with E-state index < -0.39 is 28.2 Å². The average molecular weight is 353 g/mol. The summed E-state index contributed by atoms with van der Waals surface area (Å²) in [5.74, 6) is -0.209. The maximum absolute atomic E-state index is 12.6. The Bertz CT molecular complexity index is 908. The first-order valence-corrected chi connectivity index (χ1v) is 7.53. The van der Waals surface area contributed by atoms with Crippen LogP contribution in [0.25, 0.3) is 11.1 Å². The SMILES string of the molecule is Cc1nc2cc(NC(=O)c3cccnc3SC(F)(F)F)ccc2o1. The molecule has 1 amide bonds. The molecule has 1 N–H and O–H groups in total. The Hall–Kier alpha value is -2.55. The van der Waals surface area contributed by atoms with E-state index in [1.807, 2.05) is 0 Å². The van der Waals surface area contributed by atoms with Crippen LogP contribution >= 0.6 is 11.8 Å². The number of carbonyl (C=O) groups is 1. The molecule has 0 aliphatic heterocycles. The van der Waals surface area contributed by atoms with Gasteiger partial charge in [-0.05, 0) is 30.3 Å². The predicted molar refractivity (Wildman–Crippen MR) is 82.8 cm³/mol. The van der Waals surface area contributed by atoms with Crippen molar-refractivity contribution in [2.24, 2.45) is 0 Å². The molecule has 0 aliphatic carbocycles.